The minimum atomic E-state index is -2.78. The Morgan fingerprint density at radius 1 is 1.21 bits per heavy atom. The number of hydrogen-bond acceptors (Lipinski definition) is 4. The summed E-state index contributed by atoms with van der Waals surface area (Å²) in [6, 6.07) is 8.47. The second-order valence-electron chi connectivity index (χ2n) is 5.09. The molecule has 2 rings (SSSR count). The number of nitrogens with one attached hydrogen (secondary N) is 1. The highest BCUT2D eigenvalue weighted by molar-refractivity contribution is 7.91. The summed E-state index contributed by atoms with van der Waals surface area (Å²) in [6.45, 7) is 2.10. The van der Waals surface area contributed by atoms with E-state index in [0.717, 1.165) is 5.75 Å². The summed E-state index contributed by atoms with van der Waals surface area (Å²) in [5, 5.41) is 3.51. The Bertz CT molecular complexity index is 496. The number of benzene rings is 1. The van der Waals surface area contributed by atoms with Crippen LogP contribution < -0.4 is 10.1 Å². The third-order valence-electron chi connectivity index (χ3n) is 3.66. The van der Waals surface area contributed by atoms with Gasteiger partial charge in [0.15, 0.2) is 0 Å². The van der Waals surface area contributed by atoms with Crippen molar-refractivity contribution in [1.29, 1.82) is 0 Å². The topological polar surface area (TPSA) is 55.4 Å². The van der Waals surface area contributed by atoms with Gasteiger partial charge < -0.3 is 10.1 Å². The first-order valence-electron chi connectivity index (χ1n) is 6.60. The van der Waals surface area contributed by atoms with Gasteiger partial charge in [-0.1, -0.05) is 12.1 Å². The molecule has 0 radical (unpaired) electrons. The fourth-order valence-electron chi connectivity index (χ4n) is 2.40. The molecule has 1 heterocycles. The standard InChI is InChI=1S/C14H21NO3S/c1-11(12-3-5-14(18-2)6-4-12)15-13-7-9-19(16,17)10-8-13/h3-6,11,13,15H,7-10H2,1-2H3/t11-/m1/s1. The van der Waals surface area contributed by atoms with Crippen molar-refractivity contribution in [3.05, 3.63) is 29.8 Å². The second kappa shape index (κ2) is 5.92. The maximum absolute atomic E-state index is 11.4. The summed E-state index contributed by atoms with van der Waals surface area (Å²) >= 11 is 0. The fourth-order valence-corrected chi connectivity index (χ4v) is 3.89. The summed E-state index contributed by atoms with van der Waals surface area (Å²) in [5.41, 5.74) is 1.19. The molecule has 0 aromatic heterocycles. The number of ether oxygens (including phenoxy) is 1. The predicted molar refractivity (Wildman–Crippen MR) is 76.2 cm³/mol. The van der Waals surface area contributed by atoms with Gasteiger partial charge in [-0.3, -0.25) is 0 Å². The number of rotatable bonds is 4. The van der Waals surface area contributed by atoms with Crippen molar-refractivity contribution in [3.63, 3.8) is 0 Å². The Kier molecular flexibility index (Phi) is 4.47. The van der Waals surface area contributed by atoms with Crippen LogP contribution in [-0.4, -0.2) is 33.1 Å². The first kappa shape index (κ1) is 14.3. The highest BCUT2D eigenvalue weighted by Crippen LogP contribution is 2.20. The van der Waals surface area contributed by atoms with Crippen molar-refractivity contribution in [3.8, 4) is 5.75 Å². The van der Waals surface area contributed by atoms with Crippen LogP contribution in [0.3, 0.4) is 0 Å². The molecule has 1 atom stereocenters. The zero-order valence-electron chi connectivity index (χ0n) is 11.4. The van der Waals surface area contributed by atoms with E-state index in [9.17, 15) is 8.42 Å². The Morgan fingerprint density at radius 3 is 2.32 bits per heavy atom. The summed E-state index contributed by atoms with van der Waals surface area (Å²) < 4.78 is 27.9. The quantitative estimate of drug-likeness (QED) is 0.917. The van der Waals surface area contributed by atoms with Crippen LogP contribution in [0.15, 0.2) is 24.3 Å². The zero-order valence-corrected chi connectivity index (χ0v) is 12.2. The van der Waals surface area contributed by atoms with E-state index in [2.05, 4.69) is 12.2 Å². The van der Waals surface area contributed by atoms with Crippen molar-refractivity contribution in [2.45, 2.75) is 31.8 Å². The van der Waals surface area contributed by atoms with Crippen LogP contribution in [0.4, 0.5) is 0 Å². The number of methoxy groups -OCH3 is 1. The monoisotopic (exact) mass is 283 g/mol. The highest BCUT2D eigenvalue weighted by atomic mass is 32.2. The summed E-state index contributed by atoms with van der Waals surface area (Å²) in [5.74, 6) is 1.46. The molecule has 1 fully saturated rings. The fraction of sp³-hybridized carbons (Fsp3) is 0.571. The van der Waals surface area contributed by atoms with Gasteiger partial charge in [-0.15, -0.1) is 0 Å². The molecule has 0 spiro atoms. The van der Waals surface area contributed by atoms with E-state index in [-0.39, 0.29) is 6.04 Å². The molecule has 0 saturated carbocycles. The molecule has 19 heavy (non-hydrogen) atoms. The molecule has 106 valence electrons. The van der Waals surface area contributed by atoms with Crippen LogP contribution in [0.5, 0.6) is 5.75 Å². The normalized spacial score (nSPS) is 20.9. The Hall–Kier alpha value is -1.07. The van der Waals surface area contributed by atoms with Crippen molar-refractivity contribution in [2.24, 2.45) is 0 Å². The number of hydrogen-bond donors (Lipinski definition) is 1. The smallest absolute Gasteiger partial charge is 0.150 e. The van der Waals surface area contributed by atoms with Gasteiger partial charge in [0, 0.05) is 12.1 Å². The van der Waals surface area contributed by atoms with Gasteiger partial charge >= 0.3 is 0 Å². The molecular weight excluding hydrogens is 262 g/mol. The second-order valence-corrected chi connectivity index (χ2v) is 7.39. The maximum Gasteiger partial charge on any atom is 0.150 e. The average molecular weight is 283 g/mol. The molecule has 0 bridgehead atoms. The van der Waals surface area contributed by atoms with Crippen LogP contribution in [0.25, 0.3) is 0 Å². The van der Waals surface area contributed by atoms with E-state index in [4.69, 9.17) is 4.74 Å². The van der Waals surface area contributed by atoms with Crippen LogP contribution in [0, 0.1) is 0 Å². The highest BCUT2D eigenvalue weighted by Gasteiger charge is 2.24. The van der Waals surface area contributed by atoms with E-state index in [1.807, 2.05) is 24.3 Å². The lowest BCUT2D eigenvalue weighted by atomic mass is 10.1. The van der Waals surface area contributed by atoms with Gasteiger partial charge in [0.2, 0.25) is 0 Å². The Morgan fingerprint density at radius 2 is 1.79 bits per heavy atom. The van der Waals surface area contributed by atoms with E-state index in [1.54, 1.807) is 7.11 Å². The SMILES string of the molecule is COc1ccc([C@@H](C)NC2CCS(=O)(=O)CC2)cc1. The van der Waals surface area contributed by atoms with Gasteiger partial charge in [0.05, 0.1) is 18.6 Å². The molecule has 0 amide bonds. The van der Waals surface area contributed by atoms with Crippen molar-refractivity contribution in [1.82, 2.24) is 5.32 Å². The van der Waals surface area contributed by atoms with E-state index in [1.165, 1.54) is 5.56 Å². The van der Waals surface area contributed by atoms with Crippen LogP contribution in [0.1, 0.15) is 31.4 Å². The molecule has 0 unspecified atom stereocenters. The largest absolute Gasteiger partial charge is 0.497 e. The van der Waals surface area contributed by atoms with Crippen LogP contribution in [0.2, 0.25) is 0 Å². The molecule has 1 aliphatic heterocycles. The van der Waals surface area contributed by atoms with Crippen LogP contribution in [-0.2, 0) is 9.84 Å². The Balaban J connectivity index is 1.91. The lowest BCUT2D eigenvalue weighted by molar-refractivity contribution is 0.411. The van der Waals surface area contributed by atoms with Crippen molar-refractivity contribution >= 4 is 9.84 Å². The molecule has 1 aromatic carbocycles. The zero-order chi connectivity index (χ0) is 13.9. The van der Waals surface area contributed by atoms with Gasteiger partial charge in [0.1, 0.15) is 15.6 Å². The van der Waals surface area contributed by atoms with Gasteiger partial charge in [0.25, 0.3) is 0 Å². The maximum atomic E-state index is 11.4. The Labute approximate surface area is 115 Å². The van der Waals surface area contributed by atoms with Crippen LogP contribution >= 0.6 is 0 Å². The van der Waals surface area contributed by atoms with Gasteiger partial charge in [-0.2, -0.15) is 0 Å². The average Bonchev–Trinajstić information content (AvgIpc) is 2.41. The first-order valence-corrected chi connectivity index (χ1v) is 8.43. The van der Waals surface area contributed by atoms with Gasteiger partial charge in [-0.25, -0.2) is 8.42 Å². The lowest BCUT2D eigenvalue weighted by Crippen LogP contribution is -2.38. The molecular formula is C14H21NO3S. The summed E-state index contributed by atoms with van der Waals surface area (Å²) in [4.78, 5) is 0. The van der Waals surface area contributed by atoms with Gasteiger partial charge in [-0.05, 0) is 37.5 Å². The lowest BCUT2D eigenvalue weighted by Gasteiger charge is -2.27. The molecule has 1 aromatic rings. The third-order valence-corrected chi connectivity index (χ3v) is 5.37. The van der Waals surface area contributed by atoms with E-state index < -0.39 is 9.84 Å². The molecule has 1 aliphatic rings. The van der Waals surface area contributed by atoms with Crippen molar-refractivity contribution < 1.29 is 13.2 Å². The third kappa shape index (κ3) is 3.94. The summed E-state index contributed by atoms with van der Waals surface area (Å²) in [7, 11) is -1.13. The molecule has 1 N–H and O–H groups in total. The minimum absolute atomic E-state index is 0.219. The summed E-state index contributed by atoms with van der Waals surface area (Å²) in [6.07, 6.45) is 1.42. The molecule has 4 nitrogen and oxygen atoms in total. The van der Waals surface area contributed by atoms with E-state index in [0.29, 0.717) is 30.4 Å². The first-order chi connectivity index (χ1) is 9.00. The predicted octanol–water partition coefficient (Wildman–Crippen LogP) is 1.92. The molecule has 1 saturated heterocycles. The van der Waals surface area contributed by atoms with Crippen molar-refractivity contribution in [2.75, 3.05) is 18.6 Å². The minimum Gasteiger partial charge on any atom is -0.497 e. The number of sulfone groups is 1. The molecule has 5 heteroatoms. The van der Waals surface area contributed by atoms with E-state index >= 15 is 0 Å². The molecule has 0 aliphatic carbocycles.